The minimum absolute atomic E-state index is 0.115. The SMILES string of the molecule is CCN(CC)C(=O)C1CC(c2ncccc2OC)CCN1. The van der Waals surface area contributed by atoms with Crippen LogP contribution in [0.2, 0.25) is 0 Å². The molecule has 1 aromatic rings. The molecule has 5 heteroatoms. The molecule has 1 aliphatic heterocycles. The van der Waals surface area contributed by atoms with Crippen molar-refractivity contribution >= 4 is 5.91 Å². The molecule has 2 heterocycles. The zero-order chi connectivity index (χ0) is 15.2. The van der Waals surface area contributed by atoms with Gasteiger partial charge in [-0.2, -0.15) is 0 Å². The number of nitrogens with one attached hydrogen (secondary N) is 1. The second-order valence-electron chi connectivity index (χ2n) is 5.33. The molecule has 116 valence electrons. The van der Waals surface area contributed by atoms with Gasteiger partial charge in [0.1, 0.15) is 5.75 Å². The maximum Gasteiger partial charge on any atom is 0.239 e. The Morgan fingerprint density at radius 3 is 2.90 bits per heavy atom. The lowest BCUT2D eigenvalue weighted by molar-refractivity contribution is -0.133. The minimum atomic E-state index is -0.115. The third-order valence-electron chi connectivity index (χ3n) is 4.18. The second-order valence-corrected chi connectivity index (χ2v) is 5.33. The molecule has 2 unspecified atom stereocenters. The van der Waals surface area contributed by atoms with E-state index in [1.54, 1.807) is 13.3 Å². The smallest absolute Gasteiger partial charge is 0.239 e. The van der Waals surface area contributed by atoms with Crippen LogP contribution in [0.5, 0.6) is 5.75 Å². The number of nitrogens with zero attached hydrogens (tertiary/aromatic N) is 2. The normalized spacial score (nSPS) is 21.9. The fourth-order valence-electron chi connectivity index (χ4n) is 2.99. The van der Waals surface area contributed by atoms with E-state index in [1.807, 2.05) is 30.9 Å². The number of methoxy groups -OCH3 is 1. The minimum Gasteiger partial charge on any atom is -0.495 e. The second kappa shape index (κ2) is 7.41. The predicted octanol–water partition coefficient (Wildman–Crippen LogP) is 1.79. The third-order valence-corrected chi connectivity index (χ3v) is 4.18. The van der Waals surface area contributed by atoms with Crippen molar-refractivity contribution in [2.45, 2.75) is 38.6 Å². The number of likely N-dealkylation sites (N-methyl/N-ethyl adjacent to an activating group) is 1. The molecule has 0 radical (unpaired) electrons. The lowest BCUT2D eigenvalue weighted by Gasteiger charge is -2.33. The molecule has 5 nitrogen and oxygen atoms in total. The number of aromatic nitrogens is 1. The van der Waals surface area contributed by atoms with Crippen molar-refractivity contribution in [3.63, 3.8) is 0 Å². The van der Waals surface area contributed by atoms with Gasteiger partial charge in [-0.15, -0.1) is 0 Å². The van der Waals surface area contributed by atoms with Gasteiger partial charge in [0, 0.05) is 25.2 Å². The van der Waals surface area contributed by atoms with Gasteiger partial charge >= 0.3 is 0 Å². The van der Waals surface area contributed by atoms with E-state index in [-0.39, 0.29) is 17.9 Å². The monoisotopic (exact) mass is 291 g/mol. The van der Waals surface area contributed by atoms with Gasteiger partial charge in [0.2, 0.25) is 5.91 Å². The predicted molar refractivity (Wildman–Crippen MR) is 82.5 cm³/mol. The summed E-state index contributed by atoms with van der Waals surface area (Å²) in [5, 5.41) is 3.35. The topological polar surface area (TPSA) is 54.5 Å². The number of amides is 1. The highest BCUT2D eigenvalue weighted by molar-refractivity contribution is 5.82. The van der Waals surface area contributed by atoms with Crippen LogP contribution in [0.15, 0.2) is 18.3 Å². The number of rotatable bonds is 5. The fourth-order valence-corrected chi connectivity index (χ4v) is 2.99. The molecule has 1 aliphatic rings. The molecule has 0 aliphatic carbocycles. The maximum atomic E-state index is 12.5. The molecule has 0 saturated carbocycles. The summed E-state index contributed by atoms with van der Waals surface area (Å²) in [5.41, 5.74) is 0.971. The van der Waals surface area contributed by atoms with E-state index in [2.05, 4.69) is 10.3 Å². The summed E-state index contributed by atoms with van der Waals surface area (Å²) in [4.78, 5) is 18.9. The van der Waals surface area contributed by atoms with Gasteiger partial charge in [0.15, 0.2) is 0 Å². The molecule has 1 saturated heterocycles. The summed E-state index contributed by atoms with van der Waals surface area (Å²) in [6, 6.07) is 3.70. The first kappa shape index (κ1) is 15.8. The summed E-state index contributed by atoms with van der Waals surface area (Å²) in [5.74, 6) is 1.28. The molecule has 1 amide bonds. The highest BCUT2D eigenvalue weighted by atomic mass is 16.5. The van der Waals surface area contributed by atoms with Gasteiger partial charge < -0.3 is 15.0 Å². The van der Waals surface area contributed by atoms with Gasteiger partial charge in [-0.3, -0.25) is 9.78 Å². The molecular weight excluding hydrogens is 266 g/mol. The Hall–Kier alpha value is -1.62. The van der Waals surface area contributed by atoms with Crippen LogP contribution in [0.25, 0.3) is 0 Å². The zero-order valence-electron chi connectivity index (χ0n) is 13.1. The number of carbonyl (C=O) groups is 1. The van der Waals surface area contributed by atoms with Crippen molar-refractivity contribution in [1.82, 2.24) is 15.2 Å². The lowest BCUT2D eigenvalue weighted by atomic mass is 9.88. The number of piperidine rings is 1. The number of ether oxygens (including phenoxy) is 1. The molecule has 1 aromatic heterocycles. The Balaban J connectivity index is 2.12. The Labute approximate surface area is 126 Å². The average Bonchev–Trinajstić information content (AvgIpc) is 2.56. The molecular formula is C16H25N3O2. The van der Waals surface area contributed by atoms with E-state index >= 15 is 0 Å². The first-order chi connectivity index (χ1) is 10.2. The van der Waals surface area contributed by atoms with Gasteiger partial charge in [0.05, 0.1) is 18.8 Å². The Morgan fingerprint density at radius 1 is 1.48 bits per heavy atom. The van der Waals surface area contributed by atoms with Gasteiger partial charge in [0.25, 0.3) is 0 Å². The number of pyridine rings is 1. The summed E-state index contributed by atoms with van der Waals surface area (Å²) >= 11 is 0. The van der Waals surface area contributed by atoms with Crippen LogP contribution in [0, 0.1) is 0 Å². The highest BCUT2D eigenvalue weighted by Crippen LogP contribution is 2.32. The quantitative estimate of drug-likeness (QED) is 0.898. The van der Waals surface area contributed by atoms with Crippen molar-refractivity contribution < 1.29 is 9.53 Å². The van der Waals surface area contributed by atoms with E-state index in [0.717, 1.165) is 43.9 Å². The molecule has 1 fully saturated rings. The molecule has 0 spiro atoms. The van der Waals surface area contributed by atoms with Crippen LogP contribution < -0.4 is 10.1 Å². The van der Waals surface area contributed by atoms with Crippen LogP contribution in [-0.4, -0.2) is 48.6 Å². The largest absolute Gasteiger partial charge is 0.495 e. The van der Waals surface area contributed by atoms with Crippen molar-refractivity contribution in [2.24, 2.45) is 0 Å². The summed E-state index contributed by atoms with van der Waals surface area (Å²) in [6.07, 6.45) is 3.55. The highest BCUT2D eigenvalue weighted by Gasteiger charge is 2.31. The molecule has 0 aromatic carbocycles. The first-order valence-electron chi connectivity index (χ1n) is 7.72. The van der Waals surface area contributed by atoms with E-state index in [1.165, 1.54) is 0 Å². The number of hydrogen-bond donors (Lipinski definition) is 1. The standard InChI is InChI=1S/C16H25N3O2/c1-4-19(5-2)16(20)13-11-12(8-10-17-13)15-14(21-3)7-6-9-18-15/h6-7,9,12-13,17H,4-5,8,10-11H2,1-3H3. The summed E-state index contributed by atoms with van der Waals surface area (Å²) in [6.45, 7) is 6.38. The molecule has 0 bridgehead atoms. The first-order valence-corrected chi connectivity index (χ1v) is 7.72. The van der Waals surface area contributed by atoms with Crippen molar-refractivity contribution in [1.29, 1.82) is 0 Å². The molecule has 21 heavy (non-hydrogen) atoms. The Bertz CT molecular complexity index is 474. The van der Waals surface area contributed by atoms with E-state index in [4.69, 9.17) is 4.74 Å². The van der Waals surface area contributed by atoms with E-state index < -0.39 is 0 Å². The fraction of sp³-hybridized carbons (Fsp3) is 0.625. The maximum absolute atomic E-state index is 12.5. The third kappa shape index (κ3) is 3.53. The average molecular weight is 291 g/mol. The Morgan fingerprint density at radius 2 is 2.24 bits per heavy atom. The van der Waals surface area contributed by atoms with Gasteiger partial charge in [-0.05, 0) is 45.4 Å². The number of carbonyl (C=O) groups excluding carboxylic acids is 1. The lowest BCUT2D eigenvalue weighted by Crippen LogP contribution is -2.50. The van der Waals surface area contributed by atoms with Crippen LogP contribution >= 0.6 is 0 Å². The van der Waals surface area contributed by atoms with Crippen molar-refractivity contribution in [2.75, 3.05) is 26.7 Å². The van der Waals surface area contributed by atoms with Gasteiger partial charge in [-0.25, -0.2) is 0 Å². The van der Waals surface area contributed by atoms with Crippen molar-refractivity contribution in [3.05, 3.63) is 24.0 Å². The molecule has 2 atom stereocenters. The summed E-state index contributed by atoms with van der Waals surface area (Å²) < 4.78 is 5.41. The van der Waals surface area contributed by atoms with Crippen LogP contribution in [0.4, 0.5) is 0 Å². The zero-order valence-corrected chi connectivity index (χ0v) is 13.1. The van der Waals surface area contributed by atoms with Crippen LogP contribution in [0.1, 0.15) is 38.3 Å². The van der Waals surface area contributed by atoms with E-state index in [0.29, 0.717) is 0 Å². The molecule has 1 N–H and O–H groups in total. The Kier molecular flexibility index (Phi) is 5.56. The number of hydrogen-bond acceptors (Lipinski definition) is 4. The van der Waals surface area contributed by atoms with E-state index in [9.17, 15) is 4.79 Å². The summed E-state index contributed by atoms with van der Waals surface area (Å²) in [7, 11) is 1.67. The van der Waals surface area contributed by atoms with Gasteiger partial charge in [-0.1, -0.05) is 0 Å². The van der Waals surface area contributed by atoms with Crippen molar-refractivity contribution in [3.8, 4) is 5.75 Å². The van der Waals surface area contributed by atoms with Crippen LogP contribution in [-0.2, 0) is 4.79 Å². The van der Waals surface area contributed by atoms with Crippen LogP contribution in [0.3, 0.4) is 0 Å². The molecule has 2 rings (SSSR count).